The number of benzene rings is 1. The third-order valence-corrected chi connectivity index (χ3v) is 5.26. The van der Waals surface area contributed by atoms with E-state index in [0.717, 1.165) is 25.9 Å². The second kappa shape index (κ2) is 7.93. The van der Waals surface area contributed by atoms with Crippen LogP contribution in [0.1, 0.15) is 50.0 Å². The lowest BCUT2D eigenvalue weighted by atomic mass is 9.95. The third kappa shape index (κ3) is 4.55. The first-order chi connectivity index (χ1) is 11.2. The van der Waals surface area contributed by atoms with Gasteiger partial charge in [0.05, 0.1) is 6.54 Å². The highest BCUT2D eigenvalue weighted by Crippen LogP contribution is 2.26. The first-order valence-corrected chi connectivity index (χ1v) is 9.04. The van der Waals surface area contributed by atoms with Crippen molar-refractivity contribution >= 4 is 5.91 Å². The number of likely N-dealkylation sites (tertiary alicyclic amines) is 1. The molecule has 1 heterocycles. The average Bonchev–Trinajstić information content (AvgIpc) is 2.74. The number of nitrogens with one attached hydrogen (secondary N) is 1. The van der Waals surface area contributed by atoms with Gasteiger partial charge in [-0.15, -0.1) is 0 Å². The number of amides is 1. The van der Waals surface area contributed by atoms with Gasteiger partial charge < -0.3 is 11.1 Å². The van der Waals surface area contributed by atoms with Crippen LogP contribution in [0.25, 0.3) is 0 Å². The van der Waals surface area contributed by atoms with Gasteiger partial charge in [0.25, 0.3) is 0 Å². The summed E-state index contributed by atoms with van der Waals surface area (Å²) in [7, 11) is 0. The zero-order valence-corrected chi connectivity index (χ0v) is 13.9. The number of carbonyl (C=O) groups is 1. The highest BCUT2D eigenvalue weighted by Gasteiger charge is 2.32. The predicted molar refractivity (Wildman–Crippen MR) is 93.2 cm³/mol. The minimum absolute atomic E-state index is 0.114. The van der Waals surface area contributed by atoms with E-state index < -0.39 is 0 Å². The Hall–Kier alpha value is -1.39. The summed E-state index contributed by atoms with van der Waals surface area (Å²) in [6, 6.07) is 10.9. The topological polar surface area (TPSA) is 58.4 Å². The Morgan fingerprint density at radius 3 is 2.48 bits per heavy atom. The van der Waals surface area contributed by atoms with Crippen LogP contribution >= 0.6 is 0 Å². The minimum Gasteiger partial charge on any atom is -0.352 e. The van der Waals surface area contributed by atoms with Crippen molar-refractivity contribution in [3.63, 3.8) is 0 Å². The fourth-order valence-corrected chi connectivity index (χ4v) is 4.00. The molecule has 2 aliphatic rings. The zero-order chi connectivity index (χ0) is 16.1. The number of carbonyl (C=O) groups excluding carboxylic acids is 1. The summed E-state index contributed by atoms with van der Waals surface area (Å²) in [5, 5.41) is 3.23. The molecule has 0 radical (unpaired) electrons. The highest BCUT2D eigenvalue weighted by atomic mass is 16.2. The van der Waals surface area contributed by atoms with Gasteiger partial charge in [-0.05, 0) is 18.4 Å². The molecule has 4 heteroatoms. The average molecular weight is 315 g/mol. The monoisotopic (exact) mass is 315 g/mol. The lowest BCUT2D eigenvalue weighted by Gasteiger charge is -2.20. The molecule has 1 aliphatic heterocycles. The van der Waals surface area contributed by atoms with E-state index in [1.54, 1.807) is 0 Å². The molecular weight excluding hydrogens is 286 g/mol. The van der Waals surface area contributed by atoms with Crippen molar-refractivity contribution in [2.75, 3.05) is 19.6 Å². The molecule has 3 rings (SSSR count). The minimum atomic E-state index is 0.114. The molecule has 0 aromatic heterocycles. The maximum atomic E-state index is 12.3. The van der Waals surface area contributed by atoms with Crippen LogP contribution in [0.5, 0.6) is 0 Å². The van der Waals surface area contributed by atoms with Crippen molar-refractivity contribution in [1.29, 1.82) is 0 Å². The predicted octanol–water partition coefficient (Wildman–Crippen LogP) is 2.25. The summed E-state index contributed by atoms with van der Waals surface area (Å²) in [6.07, 6.45) is 7.39. The second-order valence-corrected chi connectivity index (χ2v) is 7.13. The molecule has 0 bridgehead atoms. The summed E-state index contributed by atoms with van der Waals surface area (Å²) >= 11 is 0. The van der Waals surface area contributed by atoms with E-state index in [2.05, 4.69) is 34.5 Å². The van der Waals surface area contributed by atoms with Gasteiger partial charge in [-0.2, -0.15) is 0 Å². The Morgan fingerprint density at radius 1 is 1.09 bits per heavy atom. The molecule has 23 heavy (non-hydrogen) atoms. The molecule has 1 amide bonds. The fourth-order valence-electron chi connectivity index (χ4n) is 4.00. The van der Waals surface area contributed by atoms with E-state index >= 15 is 0 Å². The fraction of sp³-hybridized carbons (Fsp3) is 0.632. The molecule has 2 atom stereocenters. The molecule has 1 saturated heterocycles. The van der Waals surface area contributed by atoms with Gasteiger partial charge in [-0.1, -0.05) is 56.0 Å². The third-order valence-electron chi connectivity index (χ3n) is 5.26. The maximum absolute atomic E-state index is 12.3. The first-order valence-electron chi connectivity index (χ1n) is 9.04. The van der Waals surface area contributed by atoms with Crippen LogP contribution in [0.3, 0.4) is 0 Å². The summed E-state index contributed by atoms with van der Waals surface area (Å²) in [5.74, 6) is 0.500. The Kier molecular flexibility index (Phi) is 5.68. The highest BCUT2D eigenvalue weighted by molar-refractivity contribution is 5.78. The quantitative estimate of drug-likeness (QED) is 0.838. The largest absolute Gasteiger partial charge is 0.352 e. The van der Waals surface area contributed by atoms with Crippen molar-refractivity contribution in [2.24, 2.45) is 5.73 Å². The van der Waals surface area contributed by atoms with Gasteiger partial charge >= 0.3 is 0 Å². The smallest absolute Gasteiger partial charge is 0.234 e. The van der Waals surface area contributed by atoms with Crippen LogP contribution in [-0.2, 0) is 4.79 Å². The molecule has 1 aliphatic carbocycles. The van der Waals surface area contributed by atoms with Crippen molar-refractivity contribution in [3.05, 3.63) is 35.9 Å². The summed E-state index contributed by atoms with van der Waals surface area (Å²) < 4.78 is 0. The van der Waals surface area contributed by atoms with Gasteiger partial charge in [0.1, 0.15) is 0 Å². The van der Waals surface area contributed by atoms with E-state index in [1.807, 2.05) is 6.07 Å². The Morgan fingerprint density at radius 2 is 1.78 bits per heavy atom. The van der Waals surface area contributed by atoms with Crippen LogP contribution in [-0.4, -0.2) is 42.5 Å². The van der Waals surface area contributed by atoms with Crippen LogP contribution < -0.4 is 11.1 Å². The standard InChI is InChI=1S/C19H29N3O/c20-18-13-22(12-17(18)15-8-4-3-5-9-15)14-19(23)21-16-10-6-1-2-7-11-16/h3-5,8-9,16-18H,1-2,6-7,10-14,20H2,(H,21,23)/t17-,18+/m0/s1. The zero-order valence-electron chi connectivity index (χ0n) is 13.9. The van der Waals surface area contributed by atoms with Gasteiger partial charge in [-0.25, -0.2) is 0 Å². The Balaban J connectivity index is 1.49. The molecule has 126 valence electrons. The van der Waals surface area contributed by atoms with Crippen molar-refractivity contribution < 1.29 is 4.79 Å². The van der Waals surface area contributed by atoms with Crippen LogP contribution in [0, 0.1) is 0 Å². The molecule has 4 nitrogen and oxygen atoms in total. The number of hydrogen-bond acceptors (Lipinski definition) is 3. The molecule has 0 unspecified atom stereocenters. The molecule has 1 aromatic carbocycles. The van der Waals surface area contributed by atoms with Gasteiger partial charge in [0.2, 0.25) is 5.91 Å². The molecule has 3 N–H and O–H groups in total. The van der Waals surface area contributed by atoms with Crippen molar-refractivity contribution in [1.82, 2.24) is 10.2 Å². The van der Waals surface area contributed by atoms with E-state index in [9.17, 15) is 4.79 Å². The molecular formula is C19H29N3O. The van der Waals surface area contributed by atoms with Gasteiger partial charge in [0, 0.05) is 31.1 Å². The number of rotatable bonds is 4. The van der Waals surface area contributed by atoms with Gasteiger partial charge in [-0.3, -0.25) is 9.69 Å². The summed E-state index contributed by atoms with van der Waals surface area (Å²) in [4.78, 5) is 14.5. The van der Waals surface area contributed by atoms with E-state index in [-0.39, 0.29) is 11.9 Å². The normalized spacial score (nSPS) is 26.8. The lowest BCUT2D eigenvalue weighted by molar-refractivity contribution is -0.122. The van der Waals surface area contributed by atoms with Crippen molar-refractivity contribution in [2.45, 2.75) is 56.5 Å². The molecule has 1 aromatic rings. The Bertz CT molecular complexity index is 497. The van der Waals surface area contributed by atoms with Crippen molar-refractivity contribution in [3.8, 4) is 0 Å². The maximum Gasteiger partial charge on any atom is 0.234 e. The van der Waals surface area contributed by atoms with E-state index in [1.165, 1.54) is 31.2 Å². The number of nitrogens with two attached hydrogens (primary N) is 1. The lowest BCUT2D eigenvalue weighted by Crippen LogP contribution is -2.41. The summed E-state index contributed by atoms with van der Waals surface area (Å²) in [5.41, 5.74) is 7.59. The van der Waals surface area contributed by atoms with E-state index in [4.69, 9.17) is 5.73 Å². The SMILES string of the molecule is N[C@@H]1CN(CC(=O)NC2CCCCCC2)C[C@H]1c1ccccc1. The van der Waals surface area contributed by atoms with Crippen LogP contribution in [0.4, 0.5) is 0 Å². The van der Waals surface area contributed by atoms with Gasteiger partial charge in [0.15, 0.2) is 0 Å². The molecule has 1 saturated carbocycles. The summed E-state index contributed by atoms with van der Waals surface area (Å²) in [6.45, 7) is 2.16. The number of hydrogen-bond donors (Lipinski definition) is 2. The molecule has 0 spiro atoms. The van der Waals surface area contributed by atoms with Crippen LogP contribution in [0.15, 0.2) is 30.3 Å². The molecule has 2 fully saturated rings. The Labute approximate surface area is 139 Å². The van der Waals surface area contributed by atoms with E-state index in [0.29, 0.717) is 18.5 Å². The second-order valence-electron chi connectivity index (χ2n) is 7.13. The number of nitrogens with zero attached hydrogens (tertiary/aromatic N) is 1. The first kappa shape index (κ1) is 16.5. The van der Waals surface area contributed by atoms with Crippen LogP contribution in [0.2, 0.25) is 0 Å².